The fourth-order valence-corrected chi connectivity index (χ4v) is 3.01. The molecule has 0 radical (unpaired) electrons. The van der Waals surface area contributed by atoms with Crippen molar-refractivity contribution < 1.29 is 14.3 Å². The fourth-order valence-electron chi connectivity index (χ4n) is 3.01. The van der Waals surface area contributed by atoms with Crippen LogP contribution in [0.3, 0.4) is 0 Å². The summed E-state index contributed by atoms with van der Waals surface area (Å²) in [7, 11) is 0. The fraction of sp³-hybridized carbons (Fsp3) is 0.389. The highest BCUT2D eigenvalue weighted by molar-refractivity contribution is 5.93. The van der Waals surface area contributed by atoms with E-state index in [0.717, 1.165) is 11.3 Å². The molecule has 1 aliphatic rings. The lowest BCUT2D eigenvalue weighted by Crippen LogP contribution is -2.41. The summed E-state index contributed by atoms with van der Waals surface area (Å²) in [5, 5.41) is 7.04. The van der Waals surface area contributed by atoms with Crippen molar-refractivity contribution in [2.75, 3.05) is 19.7 Å². The van der Waals surface area contributed by atoms with Gasteiger partial charge < -0.3 is 15.4 Å². The molecule has 2 heterocycles. The van der Waals surface area contributed by atoms with Gasteiger partial charge in [0.1, 0.15) is 11.4 Å². The van der Waals surface area contributed by atoms with Crippen LogP contribution in [0.5, 0.6) is 5.75 Å². The Morgan fingerprint density at radius 1 is 1.28 bits per heavy atom. The van der Waals surface area contributed by atoms with Gasteiger partial charge in [0.15, 0.2) is 0 Å². The van der Waals surface area contributed by atoms with Crippen molar-refractivity contribution in [1.29, 1.82) is 0 Å². The van der Waals surface area contributed by atoms with Crippen molar-refractivity contribution in [2.24, 2.45) is 11.7 Å². The number of H-pyrrole nitrogens is 1. The third kappa shape index (κ3) is 3.81. The average molecular weight is 342 g/mol. The highest BCUT2D eigenvalue weighted by atomic mass is 16.5. The predicted octanol–water partition coefficient (Wildman–Crippen LogP) is 1.81. The van der Waals surface area contributed by atoms with Gasteiger partial charge in [-0.15, -0.1) is 0 Å². The molecule has 0 aliphatic carbocycles. The lowest BCUT2D eigenvalue weighted by Gasteiger charge is -2.30. The van der Waals surface area contributed by atoms with E-state index < -0.39 is 0 Å². The second-order valence-electron chi connectivity index (χ2n) is 6.09. The number of nitrogens with zero attached hydrogens (tertiary/aromatic N) is 2. The van der Waals surface area contributed by atoms with Crippen molar-refractivity contribution >= 4 is 11.8 Å². The van der Waals surface area contributed by atoms with E-state index in [1.165, 1.54) is 0 Å². The molecule has 132 valence electrons. The zero-order valence-corrected chi connectivity index (χ0v) is 14.2. The van der Waals surface area contributed by atoms with Crippen molar-refractivity contribution in [1.82, 2.24) is 15.1 Å². The molecular weight excluding hydrogens is 320 g/mol. The third-order valence-electron chi connectivity index (χ3n) is 4.45. The molecule has 1 aromatic carbocycles. The summed E-state index contributed by atoms with van der Waals surface area (Å²) in [6.07, 6.45) is 1.22. The number of ether oxygens (including phenoxy) is 1. The monoisotopic (exact) mass is 342 g/mol. The normalized spacial score (nSPS) is 15.2. The van der Waals surface area contributed by atoms with E-state index >= 15 is 0 Å². The SMILES string of the molecule is CCOc1ccc(-c2cc(C(=O)N3CCC(C(N)=O)CC3)[nH]n2)cc1. The van der Waals surface area contributed by atoms with Crippen LogP contribution in [0.1, 0.15) is 30.3 Å². The summed E-state index contributed by atoms with van der Waals surface area (Å²) in [4.78, 5) is 25.5. The first-order valence-electron chi connectivity index (χ1n) is 8.45. The van der Waals surface area contributed by atoms with Crippen LogP contribution < -0.4 is 10.5 Å². The van der Waals surface area contributed by atoms with Crippen molar-refractivity contribution in [3.8, 4) is 17.0 Å². The van der Waals surface area contributed by atoms with Gasteiger partial charge in [0.05, 0.1) is 12.3 Å². The molecule has 7 heteroatoms. The van der Waals surface area contributed by atoms with Crippen LogP contribution in [0.15, 0.2) is 30.3 Å². The van der Waals surface area contributed by atoms with E-state index in [1.54, 1.807) is 11.0 Å². The van der Waals surface area contributed by atoms with Crippen LogP contribution in [0.25, 0.3) is 11.3 Å². The molecule has 0 spiro atoms. The number of aromatic amines is 1. The quantitative estimate of drug-likeness (QED) is 0.865. The van der Waals surface area contributed by atoms with Gasteiger partial charge in [-0.05, 0) is 50.1 Å². The molecular formula is C18H22N4O3. The van der Waals surface area contributed by atoms with E-state index in [1.807, 2.05) is 31.2 Å². The summed E-state index contributed by atoms with van der Waals surface area (Å²) in [6.45, 7) is 3.62. The number of amides is 2. The number of benzene rings is 1. The molecule has 2 amide bonds. The number of nitrogens with two attached hydrogens (primary N) is 1. The second-order valence-corrected chi connectivity index (χ2v) is 6.09. The standard InChI is InChI=1S/C18H22N4O3/c1-2-25-14-5-3-12(4-6-14)15-11-16(21-20-15)18(24)22-9-7-13(8-10-22)17(19)23/h3-6,11,13H,2,7-10H2,1H3,(H2,19,23)(H,20,21). The lowest BCUT2D eigenvalue weighted by molar-refractivity contribution is -0.123. The molecule has 0 saturated carbocycles. The molecule has 1 aliphatic heterocycles. The Hall–Kier alpha value is -2.83. The minimum atomic E-state index is -0.286. The summed E-state index contributed by atoms with van der Waals surface area (Å²) in [5.41, 5.74) is 7.39. The van der Waals surface area contributed by atoms with Gasteiger partial charge in [-0.2, -0.15) is 5.10 Å². The molecule has 0 unspecified atom stereocenters. The molecule has 7 nitrogen and oxygen atoms in total. The molecule has 0 bridgehead atoms. The smallest absolute Gasteiger partial charge is 0.271 e. The highest BCUT2D eigenvalue weighted by Gasteiger charge is 2.27. The van der Waals surface area contributed by atoms with E-state index in [-0.39, 0.29) is 17.7 Å². The van der Waals surface area contributed by atoms with Gasteiger partial charge in [-0.25, -0.2) is 0 Å². The van der Waals surface area contributed by atoms with Crippen LogP contribution >= 0.6 is 0 Å². The maximum Gasteiger partial charge on any atom is 0.271 e. The molecule has 1 fully saturated rings. The summed E-state index contributed by atoms with van der Waals surface area (Å²) < 4.78 is 5.42. The maximum atomic E-state index is 12.6. The predicted molar refractivity (Wildman–Crippen MR) is 93.0 cm³/mol. The molecule has 1 saturated heterocycles. The lowest BCUT2D eigenvalue weighted by atomic mass is 9.96. The largest absolute Gasteiger partial charge is 0.494 e. The highest BCUT2D eigenvalue weighted by Crippen LogP contribution is 2.23. The second kappa shape index (κ2) is 7.38. The minimum Gasteiger partial charge on any atom is -0.494 e. The number of primary amides is 1. The Morgan fingerprint density at radius 2 is 1.96 bits per heavy atom. The number of carbonyl (C=O) groups excluding carboxylic acids is 2. The van der Waals surface area contributed by atoms with Crippen LogP contribution in [0.4, 0.5) is 0 Å². The van der Waals surface area contributed by atoms with Crippen LogP contribution in [-0.2, 0) is 4.79 Å². The maximum absolute atomic E-state index is 12.6. The van der Waals surface area contributed by atoms with E-state index in [4.69, 9.17) is 10.5 Å². The van der Waals surface area contributed by atoms with E-state index in [0.29, 0.717) is 43.9 Å². The van der Waals surface area contributed by atoms with Crippen molar-refractivity contribution in [3.05, 3.63) is 36.0 Å². The average Bonchev–Trinajstić information content (AvgIpc) is 3.12. The number of carbonyl (C=O) groups is 2. The number of nitrogens with one attached hydrogen (secondary N) is 1. The number of hydrogen-bond donors (Lipinski definition) is 2. The van der Waals surface area contributed by atoms with Gasteiger partial charge in [0, 0.05) is 24.6 Å². The topological polar surface area (TPSA) is 101 Å². The van der Waals surface area contributed by atoms with Crippen molar-refractivity contribution in [2.45, 2.75) is 19.8 Å². The van der Waals surface area contributed by atoms with Gasteiger partial charge in [0.2, 0.25) is 5.91 Å². The Kier molecular flexibility index (Phi) is 5.02. The Bertz CT molecular complexity index is 746. The molecule has 2 aromatic rings. The molecule has 3 rings (SSSR count). The number of likely N-dealkylation sites (tertiary alicyclic amines) is 1. The molecule has 25 heavy (non-hydrogen) atoms. The number of piperidine rings is 1. The van der Waals surface area contributed by atoms with Gasteiger partial charge >= 0.3 is 0 Å². The molecule has 0 atom stereocenters. The number of rotatable bonds is 5. The van der Waals surface area contributed by atoms with Crippen LogP contribution in [0, 0.1) is 5.92 Å². The molecule has 3 N–H and O–H groups in total. The number of aromatic nitrogens is 2. The summed E-state index contributed by atoms with van der Waals surface area (Å²) in [6, 6.07) is 9.33. The molecule has 1 aromatic heterocycles. The Morgan fingerprint density at radius 3 is 2.56 bits per heavy atom. The Balaban J connectivity index is 1.66. The Labute approximate surface area is 146 Å². The van der Waals surface area contributed by atoms with E-state index in [9.17, 15) is 9.59 Å². The number of hydrogen-bond acceptors (Lipinski definition) is 4. The zero-order chi connectivity index (χ0) is 17.8. The van der Waals surface area contributed by atoms with Crippen LogP contribution in [0.2, 0.25) is 0 Å². The minimum absolute atomic E-state index is 0.104. The first kappa shape index (κ1) is 17.0. The summed E-state index contributed by atoms with van der Waals surface area (Å²) >= 11 is 0. The van der Waals surface area contributed by atoms with Gasteiger partial charge in [-0.1, -0.05) is 0 Å². The first-order chi connectivity index (χ1) is 12.1. The van der Waals surface area contributed by atoms with Gasteiger partial charge in [0.25, 0.3) is 5.91 Å². The third-order valence-corrected chi connectivity index (χ3v) is 4.45. The van der Waals surface area contributed by atoms with Crippen molar-refractivity contribution in [3.63, 3.8) is 0 Å². The van der Waals surface area contributed by atoms with Crippen LogP contribution in [-0.4, -0.2) is 46.6 Å². The first-order valence-corrected chi connectivity index (χ1v) is 8.45. The summed E-state index contributed by atoms with van der Waals surface area (Å²) in [5.74, 6) is 0.277. The van der Waals surface area contributed by atoms with Gasteiger partial charge in [-0.3, -0.25) is 14.7 Å². The zero-order valence-electron chi connectivity index (χ0n) is 14.2. The van der Waals surface area contributed by atoms with E-state index in [2.05, 4.69) is 10.2 Å².